The molecule has 0 aromatic rings. The van der Waals surface area contributed by atoms with Crippen molar-refractivity contribution in [3.05, 3.63) is 0 Å². The highest BCUT2D eigenvalue weighted by Gasteiger charge is 2.30. The summed E-state index contributed by atoms with van der Waals surface area (Å²) in [5, 5.41) is 8.96. The maximum Gasteiger partial charge on any atom is 0.309 e. The van der Waals surface area contributed by atoms with Crippen molar-refractivity contribution in [1.29, 1.82) is 0 Å². The number of esters is 1. The third-order valence-electron chi connectivity index (χ3n) is 2.91. The first kappa shape index (κ1) is 15.9. The van der Waals surface area contributed by atoms with Crippen LogP contribution in [0.3, 0.4) is 0 Å². The van der Waals surface area contributed by atoms with Gasteiger partial charge < -0.3 is 9.84 Å². The number of ether oxygens (including phenoxy) is 1. The molecule has 0 saturated heterocycles. The number of carboxylic acid groups (broad SMARTS) is 1. The molecule has 0 radical (unpaired) electrons. The maximum absolute atomic E-state index is 11.8. The molecule has 0 spiro atoms. The van der Waals surface area contributed by atoms with Crippen molar-refractivity contribution in [2.75, 3.05) is 6.61 Å². The van der Waals surface area contributed by atoms with Crippen molar-refractivity contribution in [2.24, 2.45) is 11.8 Å². The van der Waals surface area contributed by atoms with Gasteiger partial charge in [-0.1, -0.05) is 40.0 Å². The minimum Gasteiger partial charge on any atom is -0.481 e. The van der Waals surface area contributed by atoms with Crippen molar-refractivity contribution >= 4 is 11.9 Å². The summed E-state index contributed by atoms with van der Waals surface area (Å²) in [7, 11) is 0. The lowest BCUT2D eigenvalue weighted by molar-refractivity contribution is -0.157. The fourth-order valence-electron chi connectivity index (χ4n) is 1.59. The molecule has 0 bridgehead atoms. The van der Waals surface area contributed by atoms with Crippen molar-refractivity contribution in [1.82, 2.24) is 0 Å². The second-order valence-corrected chi connectivity index (χ2v) is 4.40. The lowest BCUT2D eigenvalue weighted by Gasteiger charge is -2.19. The summed E-state index contributed by atoms with van der Waals surface area (Å²) in [6.07, 6.45) is 4.18. The molecule has 0 saturated carbocycles. The molecular formula is C13H24O4. The van der Waals surface area contributed by atoms with Gasteiger partial charge in [0.2, 0.25) is 0 Å². The molecule has 0 aromatic heterocycles. The number of carbonyl (C=O) groups excluding carboxylic acids is 1. The monoisotopic (exact) mass is 244 g/mol. The third-order valence-corrected chi connectivity index (χ3v) is 2.91. The average Bonchev–Trinajstić information content (AvgIpc) is 2.29. The van der Waals surface area contributed by atoms with Crippen molar-refractivity contribution < 1.29 is 19.4 Å². The summed E-state index contributed by atoms with van der Waals surface area (Å²) in [4.78, 5) is 22.7. The summed E-state index contributed by atoms with van der Waals surface area (Å²) < 4.78 is 5.11. The van der Waals surface area contributed by atoms with Crippen molar-refractivity contribution in [3.8, 4) is 0 Å². The number of aliphatic carboxylic acids is 1. The minimum atomic E-state index is -0.932. The van der Waals surface area contributed by atoms with Gasteiger partial charge in [0.25, 0.3) is 0 Å². The van der Waals surface area contributed by atoms with Gasteiger partial charge in [-0.2, -0.15) is 0 Å². The highest BCUT2D eigenvalue weighted by atomic mass is 16.5. The molecule has 1 N–H and O–H groups in total. The minimum absolute atomic E-state index is 0.359. The largest absolute Gasteiger partial charge is 0.481 e. The first-order valence-corrected chi connectivity index (χ1v) is 6.44. The number of unbranched alkanes of at least 4 members (excludes halogenated alkanes) is 2. The molecule has 0 aliphatic carbocycles. The zero-order valence-electron chi connectivity index (χ0n) is 11.1. The van der Waals surface area contributed by atoms with Crippen LogP contribution in [0.2, 0.25) is 0 Å². The highest BCUT2D eigenvalue weighted by Crippen LogP contribution is 2.20. The smallest absolute Gasteiger partial charge is 0.309 e. The Morgan fingerprint density at radius 2 is 1.76 bits per heavy atom. The molecule has 100 valence electrons. The van der Waals surface area contributed by atoms with Crippen LogP contribution in [-0.4, -0.2) is 23.7 Å². The predicted molar refractivity (Wildman–Crippen MR) is 65.7 cm³/mol. The Kier molecular flexibility index (Phi) is 8.46. The zero-order chi connectivity index (χ0) is 13.3. The van der Waals surface area contributed by atoms with Crippen LogP contribution in [0.25, 0.3) is 0 Å². The fraction of sp³-hybridized carbons (Fsp3) is 0.846. The molecule has 4 nitrogen and oxygen atoms in total. The van der Waals surface area contributed by atoms with Gasteiger partial charge in [0.15, 0.2) is 0 Å². The molecule has 0 aliphatic rings. The van der Waals surface area contributed by atoms with Gasteiger partial charge in [0.05, 0.1) is 18.4 Å². The Bertz CT molecular complexity index is 238. The number of carbonyl (C=O) groups is 2. The van der Waals surface area contributed by atoms with Gasteiger partial charge in [0, 0.05) is 0 Å². The third kappa shape index (κ3) is 6.29. The summed E-state index contributed by atoms with van der Waals surface area (Å²) >= 11 is 0. The fourth-order valence-corrected chi connectivity index (χ4v) is 1.59. The van der Waals surface area contributed by atoms with Gasteiger partial charge in [-0.05, 0) is 12.8 Å². The van der Waals surface area contributed by atoms with Crippen LogP contribution < -0.4 is 0 Å². The Balaban J connectivity index is 4.34. The predicted octanol–water partition coefficient (Wildman–Crippen LogP) is 2.86. The van der Waals surface area contributed by atoms with E-state index in [0.717, 1.165) is 25.7 Å². The molecule has 0 aromatic carbocycles. The molecular weight excluding hydrogens is 220 g/mol. The molecule has 0 aliphatic heterocycles. The van der Waals surface area contributed by atoms with E-state index in [1.165, 1.54) is 0 Å². The Morgan fingerprint density at radius 3 is 2.24 bits per heavy atom. The quantitative estimate of drug-likeness (QED) is 0.500. The van der Waals surface area contributed by atoms with Crippen molar-refractivity contribution in [3.63, 3.8) is 0 Å². The Labute approximate surface area is 103 Å². The molecule has 0 fully saturated rings. The summed E-state index contributed by atoms with van der Waals surface area (Å²) in [5.74, 6) is -2.47. The van der Waals surface area contributed by atoms with Gasteiger partial charge in [0.1, 0.15) is 0 Å². The molecule has 2 atom stereocenters. The summed E-state index contributed by atoms with van der Waals surface area (Å²) in [6.45, 7) is 6.00. The van der Waals surface area contributed by atoms with Gasteiger partial charge in [-0.3, -0.25) is 9.59 Å². The SMILES string of the molecule is CCCCOC(=O)C(CCCC)C(C)C(=O)O. The van der Waals surface area contributed by atoms with Crippen LogP contribution in [0, 0.1) is 11.8 Å². The standard InChI is InChI=1S/C13H24O4/c1-4-6-8-11(10(3)12(14)15)13(16)17-9-7-5-2/h10-11H,4-9H2,1-3H3,(H,14,15). The van der Waals surface area contributed by atoms with E-state index in [9.17, 15) is 9.59 Å². The number of hydrogen-bond acceptors (Lipinski definition) is 3. The van der Waals surface area contributed by atoms with E-state index in [1.54, 1.807) is 6.92 Å². The van der Waals surface area contributed by atoms with Crippen LogP contribution >= 0.6 is 0 Å². The average molecular weight is 244 g/mol. The molecule has 0 heterocycles. The number of carboxylic acids is 1. The van der Waals surface area contributed by atoms with Crippen LogP contribution in [0.4, 0.5) is 0 Å². The Hall–Kier alpha value is -1.06. The van der Waals surface area contributed by atoms with Gasteiger partial charge in [-0.15, -0.1) is 0 Å². The highest BCUT2D eigenvalue weighted by molar-refractivity contribution is 5.80. The van der Waals surface area contributed by atoms with Gasteiger partial charge >= 0.3 is 11.9 Å². The first-order chi connectivity index (χ1) is 8.04. The second-order valence-electron chi connectivity index (χ2n) is 4.40. The normalized spacial score (nSPS) is 14.1. The van der Waals surface area contributed by atoms with E-state index in [0.29, 0.717) is 13.0 Å². The van der Waals surface area contributed by atoms with E-state index in [2.05, 4.69) is 0 Å². The molecule has 0 rings (SSSR count). The molecule has 2 unspecified atom stereocenters. The van der Waals surface area contributed by atoms with E-state index in [-0.39, 0.29) is 5.97 Å². The van der Waals surface area contributed by atoms with E-state index >= 15 is 0 Å². The zero-order valence-corrected chi connectivity index (χ0v) is 11.1. The maximum atomic E-state index is 11.8. The summed E-state index contributed by atoms with van der Waals surface area (Å²) in [6, 6.07) is 0. The number of hydrogen-bond donors (Lipinski definition) is 1. The molecule has 0 amide bonds. The number of rotatable bonds is 9. The molecule has 4 heteroatoms. The topological polar surface area (TPSA) is 63.6 Å². The second kappa shape index (κ2) is 9.02. The van der Waals surface area contributed by atoms with Crippen molar-refractivity contribution in [2.45, 2.75) is 52.9 Å². The lowest BCUT2D eigenvalue weighted by atomic mass is 9.89. The van der Waals surface area contributed by atoms with Crippen LogP contribution in [-0.2, 0) is 14.3 Å². The van der Waals surface area contributed by atoms with E-state index in [1.807, 2.05) is 13.8 Å². The van der Waals surface area contributed by atoms with Gasteiger partial charge in [-0.25, -0.2) is 0 Å². The summed E-state index contributed by atoms with van der Waals surface area (Å²) in [5.41, 5.74) is 0. The first-order valence-electron chi connectivity index (χ1n) is 6.44. The Morgan fingerprint density at radius 1 is 1.18 bits per heavy atom. The van der Waals surface area contributed by atoms with Crippen LogP contribution in [0.15, 0.2) is 0 Å². The van der Waals surface area contributed by atoms with Crippen LogP contribution in [0.5, 0.6) is 0 Å². The molecule has 17 heavy (non-hydrogen) atoms. The van der Waals surface area contributed by atoms with E-state index in [4.69, 9.17) is 9.84 Å². The lowest BCUT2D eigenvalue weighted by Crippen LogP contribution is -2.29. The van der Waals surface area contributed by atoms with Crippen LogP contribution in [0.1, 0.15) is 52.9 Å². The van der Waals surface area contributed by atoms with E-state index < -0.39 is 17.8 Å².